The molecule has 0 saturated carbocycles. The highest BCUT2D eigenvalue weighted by molar-refractivity contribution is 9.10. The smallest absolute Gasteiger partial charge is 0.269 e. The fourth-order valence-corrected chi connectivity index (χ4v) is 3.73. The molecule has 0 bridgehead atoms. The topological polar surface area (TPSA) is 45.8 Å². The van der Waals surface area contributed by atoms with Crippen molar-refractivity contribution < 1.29 is 18.0 Å². The number of aromatic nitrogens is 1. The predicted molar refractivity (Wildman–Crippen MR) is 103 cm³/mol. The summed E-state index contributed by atoms with van der Waals surface area (Å²) in [4.78, 5) is 13.1. The standard InChI is InChI=1S/C19H8BrCl2F3N2O/c20-15-14(9-26)16(10-4-6-12(21)7-5-10)27(17(15)19(23,24)25)18(28)11-2-1-3-13(22)8-11/h1-8H. The largest absolute Gasteiger partial charge is 0.433 e. The molecule has 0 saturated heterocycles. The van der Waals surface area contributed by atoms with E-state index in [9.17, 15) is 23.2 Å². The van der Waals surface area contributed by atoms with Gasteiger partial charge in [-0.2, -0.15) is 18.4 Å². The molecule has 142 valence electrons. The number of benzene rings is 2. The summed E-state index contributed by atoms with van der Waals surface area (Å²) in [6, 6.07) is 13.1. The molecule has 0 aliphatic carbocycles. The average molecular weight is 488 g/mol. The van der Waals surface area contributed by atoms with Gasteiger partial charge in [-0.3, -0.25) is 9.36 Å². The van der Waals surface area contributed by atoms with E-state index in [2.05, 4.69) is 15.9 Å². The first-order chi connectivity index (χ1) is 13.1. The first-order valence-corrected chi connectivity index (χ1v) is 9.17. The fourth-order valence-electron chi connectivity index (χ4n) is 2.73. The van der Waals surface area contributed by atoms with Crippen LogP contribution in [-0.2, 0) is 6.18 Å². The van der Waals surface area contributed by atoms with Gasteiger partial charge in [-0.05, 0) is 46.3 Å². The van der Waals surface area contributed by atoms with Gasteiger partial charge >= 0.3 is 6.18 Å². The second kappa shape index (κ2) is 7.63. The van der Waals surface area contributed by atoms with Gasteiger partial charge in [-0.15, -0.1) is 0 Å². The van der Waals surface area contributed by atoms with Crippen LogP contribution in [-0.4, -0.2) is 10.5 Å². The van der Waals surface area contributed by atoms with Gasteiger partial charge in [0.2, 0.25) is 0 Å². The molecule has 0 aliphatic rings. The van der Waals surface area contributed by atoms with Gasteiger partial charge in [0, 0.05) is 21.2 Å². The minimum atomic E-state index is -4.90. The summed E-state index contributed by atoms with van der Waals surface area (Å²) < 4.78 is 41.4. The zero-order valence-corrected chi connectivity index (χ0v) is 16.8. The summed E-state index contributed by atoms with van der Waals surface area (Å²) in [5.74, 6) is -0.970. The molecule has 1 heterocycles. The monoisotopic (exact) mass is 486 g/mol. The lowest BCUT2D eigenvalue weighted by atomic mass is 10.1. The second-order valence-corrected chi connectivity index (χ2v) is 7.32. The van der Waals surface area contributed by atoms with E-state index >= 15 is 0 Å². The van der Waals surface area contributed by atoms with Crippen LogP contribution in [0.25, 0.3) is 11.3 Å². The van der Waals surface area contributed by atoms with Crippen molar-refractivity contribution in [3.8, 4) is 17.3 Å². The quantitative estimate of drug-likeness (QED) is 0.399. The van der Waals surface area contributed by atoms with Crippen LogP contribution in [0.15, 0.2) is 53.0 Å². The maximum atomic E-state index is 13.8. The highest BCUT2D eigenvalue weighted by Crippen LogP contribution is 2.43. The van der Waals surface area contributed by atoms with Gasteiger partial charge in [0.1, 0.15) is 11.8 Å². The molecule has 0 unspecified atom stereocenters. The summed E-state index contributed by atoms with van der Waals surface area (Å²) in [5, 5.41) is 10.0. The Balaban J connectivity index is 2.40. The van der Waals surface area contributed by atoms with E-state index in [1.54, 1.807) is 6.07 Å². The Hall–Kier alpha value is -2.27. The SMILES string of the molecule is N#Cc1c(Br)c(C(F)(F)F)n(C(=O)c2cccc(Cl)c2)c1-c1ccc(Cl)cc1. The average Bonchev–Trinajstić information content (AvgIpc) is 2.94. The van der Waals surface area contributed by atoms with E-state index in [4.69, 9.17) is 23.2 Å². The zero-order chi connectivity index (χ0) is 20.6. The van der Waals surface area contributed by atoms with Crippen LogP contribution in [0, 0.1) is 11.3 Å². The maximum absolute atomic E-state index is 13.8. The van der Waals surface area contributed by atoms with Crippen molar-refractivity contribution >= 4 is 45.0 Å². The Kier molecular flexibility index (Phi) is 5.57. The number of rotatable bonds is 2. The van der Waals surface area contributed by atoms with Crippen LogP contribution in [0.3, 0.4) is 0 Å². The van der Waals surface area contributed by atoms with Crippen molar-refractivity contribution in [1.82, 2.24) is 4.57 Å². The number of halogens is 6. The Bertz CT molecular complexity index is 1120. The minimum Gasteiger partial charge on any atom is -0.269 e. The van der Waals surface area contributed by atoms with Gasteiger partial charge in [0.05, 0.1) is 15.7 Å². The van der Waals surface area contributed by atoms with Gasteiger partial charge < -0.3 is 0 Å². The third-order valence-corrected chi connectivity index (χ3v) is 5.14. The molecule has 9 heteroatoms. The van der Waals surface area contributed by atoms with E-state index in [1.807, 2.05) is 0 Å². The van der Waals surface area contributed by atoms with Gasteiger partial charge in [0.15, 0.2) is 0 Å². The summed E-state index contributed by atoms with van der Waals surface area (Å²) in [5.41, 5.74) is -1.61. The normalized spacial score (nSPS) is 11.3. The molecular weight excluding hydrogens is 480 g/mol. The molecule has 3 rings (SSSR count). The van der Waals surface area contributed by atoms with Crippen LogP contribution in [0.1, 0.15) is 21.6 Å². The highest BCUT2D eigenvalue weighted by atomic mass is 79.9. The van der Waals surface area contributed by atoms with E-state index in [0.29, 0.717) is 9.59 Å². The number of nitriles is 1. The molecule has 2 aromatic carbocycles. The molecule has 0 fully saturated rings. The molecule has 0 aliphatic heterocycles. The first kappa shape index (κ1) is 20.5. The van der Waals surface area contributed by atoms with Crippen LogP contribution in [0.5, 0.6) is 0 Å². The predicted octanol–water partition coefficient (Wildman–Crippen LogP) is 6.80. The van der Waals surface area contributed by atoms with E-state index < -0.39 is 22.3 Å². The molecule has 0 spiro atoms. The van der Waals surface area contributed by atoms with Crippen LogP contribution in [0.2, 0.25) is 10.0 Å². The molecule has 1 aromatic heterocycles. The number of nitrogens with zero attached hydrogens (tertiary/aromatic N) is 2. The summed E-state index contributed by atoms with van der Waals surface area (Å²) in [6.45, 7) is 0. The number of carbonyl (C=O) groups excluding carboxylic acids is 1. The lowest BCUT2D eigenvalue weighted by molar-refractivity contribution is -0.143. The summed E-state index contributed by atoms with van der Waals surface area (Å²) in [6.07, 6.45) is -4.90. The summed E-state index contributed by atoms with van der Waals surface area (Å²) in [7, 11) is 0. The molecule has 3 aromatic rings. The molecule has 3 nitrogen and oxygen atoms in total. The van der Waals surface area contributed by atoms with Crippen molar-refractivity contribution in [3.63, 3.8) is 0 Å². The van der Waals surface area contributed by atoms with Crippen LogP contribution in [0.4, 0.5) is 13.2 Å². The van der Waals surface area contributed by atoms with Gasteiger partial charge in [-0.25, -0.2) is 0 Å². The molecule has 0 radical (unpaired) electrons. The Morgan fingerprint density at radius 1 is 1.07 bits per heavy atom. The second-order valence-electron chi connectivity index (χ2n) is 5.65. The van der Waals surface area contributed by atoms with E-state index in [-0.39, 0.29) is 27.4 Å². The van der Waals surface area contributed by atoms with Crippen molar-refractivity contribution in [1.29, 1.82) is 5.26 Å². The van der Waals surface area contributed by atoms with Crippen LogP contribution >= 0.6 is 39.1 Å². The zero-order valence-electron chi connectivity index (χ0n) is 13.7. The van der Waals surface area contributed by atoms with Crippen molar-refractivity contribution in [3.05, 3.63) is 79.9 Å². The number of hydrogen-bond acceptors (Lipinski definition) is 2. The lowest BCUT2D eigenvalue weighted by Crippen LogP contribution is -2.22. The van der Waals surface area contributed by atoms with Crippen LogP contribution < -0.4 is 0 Å². The van der Waals surface area contributed by atoms with E-state index in [1.165, 1.54) is 48.5 Å². The number of alkyl halides is 3. The molecule has 0 N–H and O–H groups in total. The third kappa shape index (κ3) is 3.68. The number of hydrogen-bond donors (Lipinski definition) is 0. The first-order valence-electron chi connectivity index (χ1n) is 7.63. The van der Waals surface area contributed by atoms with Crippen molar-refractivity contribution in [2.45, 2.75) is 6.18 Å². The third-order valence-electron chi connectivity index (χ3n) is 3.88. The highest BCUT2D eigenvalue weighted by Gasteiger charge is 2.42. The molecule has 0 atom stereocenters. The fraction of sp³-hybridized carbons (Fsp3) is 0.0526. The van der Waals surface area contributed by atoms with E-state index in [0.717, 1.165) is 0 Å². The molecule has 0 amide bonds. The Labute approximate surface area is 176 Å². The van der Waals surface area contributed by atoms with Crippen molar-refractivity contribution in [2.75, 3.05) is 0 Å². The van der Waals surface area contributed by atoms with Gasteiger partial charge in [-0.1, -0.05) is 41.4 Å². The summed E-state index contributed by atoms with van der Waals surface area (Å²) >= 11 is 14.6. The molecular formula is C19H8BrCl2F3N2O. The Morgan fingerprint density at radius 3 is 2.25 bits per heavy atom. The van der Waals surface area contributed by atoms with Gasteiger partial charge in [0.25, 0.3) is 5.91 Å². The number of carbonyl (C=O) groups is 1. The van der Waals surface area contributed by atoms with Crippen molar-refractivity contribution in [2.24, 2.45) is 0 Å². The maximum Gasteiger partial charge on any atom is 0.433 e. The minimum absolute atomic E-state index is 0.0554. The lowest BCUT2D eigenvalue weighted by Gasteiger charge is -2.15. The molecule has 28 heavy (non-hydrogen) atoms. The Morgan fingerprint density at radius 2 is 1.71 bits per heavy atom.